The molecule has 6 heteroatoms. The minimum atomic E-state index is 0.0117. The second kappa shape index (κ2) is 7.49. The summed E-state index contributed by atoms with van der Waals surface area (Å²) in [5.41, 5.74) is 3.33. The van der Waals surface area contributed by atoms with E-state index in [0.717, 1.165) is 26.4 Å². The van der Waals surface area contributed by atoms with Crippen LogP contribution in [0.2, 0.25) is 0 Å². The zero-order chi connectivity index (χ0) is 17.1. The highest BCUT2D eigenvalue weighted by Crippen LogP contribution is 2.32. The zero-order valence-electron chi connectivity index (χ0n) is 13.5. The Morgan fingerprint density at radius 1 is 1.17 bits per heavy atom. The van der Waals surface area contributed by atoms with E-state index < -0.39 is 0 Å². The van der Waals surface area contributed by atoms with Crippen molar-refractivity contribution in [3.05, 3.63) is 51.5 Å². The molecule has 2 aromatic rings. The van der Waals surface area contributed by atoms with Crippen LogP contribution >= 0.6 is 27.7 Å². The van der Waals surface area contributed by atoms with Crippen molar-refractivity contribution in [1.29, 1.82) is 0 Å². The molecule has 1 N–H and O–H groups in total. The molecule has 126 valence electrons. The van der Waals surface area contributed by atoms with Crippen LogP contribution < -0.4 is 14.8 Å². The number of carbonyl (C=O) groups excluding carboxylic acids is 1. The Balaban J connectivity index is 1.52. The van der Waals surface area contributed by atoms with Crippen LogP contribution in [0.25, 0.3) is 0 Å². The van der Waals surface area contributed by atoms with Crippen molar-refractivity contribution in [3.8, 4) is 11.5 Å². The number of benzene rings is 2. The lowest BCUT2D eigenvalue weighted by Gasteiger charge is -2.09. The van der Waals surface area contributed by atoms with Gasteiger partial charge in [0.25, 0.3) is 0 Å². The Kier molecular flexibility index (Phi) is 5.36. The fourth-order valence-corrected chi connectivity index (χ4v) is 3.75. The maximum absolute atomic E-state index is 12.1. The van der Waals surface area contributed by atoms with E-state index in [0.29, 0.717) is 12.3 Å². The molecule has 4 nitrogen and oxygen atoms in total. The van der Waals surface area contributed by atoms with Crippen LogP contribution in [0.15, 0.2) is 39.7 Å². The summed E-state index contributed by atoms with van der Waals surface area (Å²) in [6.45, 7) is 4.84. The number of fused-ring (bicyclic) bond motifs is 1. The third-order valence-corrected chi connectivity index (χ3v) is 5.75. The predicted molar refractivity (Wildman–Crippen MR) is 98.8 cm³/mol. The Bertz CT molecular complexity index is 779. The lowest BCUT2D eigenvalue weighted by atomic mass is 10.2. The van der Waals surface area contributed by atoms with Gasteiger partial charge in [0, 0.05) is 15.9 Å². The predicted octanol–water partition coefficient (Wildman–Crippen LogP) is 4.20. The first kappa shape index (κ1) is 17.2. The van der Waals surface area contributed by atoms with Gasteiger partial charge < -0.3 is 14.8 Å². The summed E-state index contributed by atoms with van der Waals surface area (Å²) < 4.78 is 11.7. The largest absolute Gasteiger partial charge is 0.454 e. The summed E-state index contributed by atoms with van der Waals surface area (Å²) in [7, 11) is 0. The molecule has 0 saturated heterocycles. The third-order valence-electron chi connectivity index (χ3n) is 3.74. The monoisotopic (exact) mass is 407 g/mol. The minimum Gasteiger partial charge on any atom is -0.454 e. The van der Waals surface area contributed by atoms with E-state index >= 15 is 0 Å². The van der Waals surface area contributed by atoms with E-state index in [1.54, 1.807) is 11.8 Å². The Morgan fingerprint density at radius 2 is 1.96 bits per heavy atom. The SMILES string of the molecule is Cc1cc(SCC(=O)NCc2ccc3c(c2)OCO3)c(C)cc1Br. The van der Waals surface area contributed by atoms with Gasteiger partial charge in [-0.3, -0.25) is 4.79 Å². The summed E-state index contributed by atoms with van der Waals surface area (Å²) in [6.07, 6.45) is 0. The molecule has 0 aromatic heterocycles. The second-order valence-corrected chi connectivity index (χ2v) is 7.49. The van der Waals surface area contributed by atoms with Gasteiger partial charge in [0.05, 0.1) is 5.75 Å². The highest BCUT2D eigenvalue weighted by Gasteiger charge is 2.13. The number of aryl methyl sites for hydroxylation is 2. The van der Waals surface area contributed by atoms with Gasteiger partial charge >= 0.3 is 0 Å². The molecule has 1 aliphatic rings. The summed E-state index contributed by atoms with van der Waals surface area (Å²) in [6, 6.07) is 9.89. The molecular weight excluding hydrogens is 390 g/mol. The van der Waals surface area contributed by atoms with E-state index in [4.69, 9.17) is 9.47 Å². The van der Waals surface area contributed by atoms with E-state index in [2.05, 4.69) is 40.3 Å². The molecule has 0 radical (unpaired) electrons. The van der Waals surface area contributed by atoms with Crippen molar-refractivity contribution < 1.29 is 14.3 Å². The number of hydrogen-bond donors (Lipinski definition) is 1. The van der Waals surface area contributed by atoms with Gasteiger partial charge in [-0.25, -0.2) is 0 Å². The van der Waals surface area contributed by atoms with Crippen LogP contribution in [-0.2, 0) is 11.3 Å². The van der Waals surface area contributed by atoms with Crippen LogP contribution in [-0.4, -0.2) is 18.5 Å². The van der Waals surface area contributed by atoms with Crippen molar-refractivity contribution in [3.63, 3.8) is 0 Å². The number of halogens is 1. The van der Waals surface area contributed by atoms with Crippen LogP contribution in [0.4, 0.5) is 0 Å². The van der Waals surface area contributed by atoms with E-state index in [-0.39, 0.29) is 12.7 Å². The minimum absolute atomic E-state index is 0.0117. The number of ether oxygens (including phenoxy) is 2. The number of amides is 1. The lowest BCUT2D eigenvalue weighted by molar-refractivity contribution is -0.118. The van der Waals surface area contributed by atoms with Crippen LogP contribution in [0.5, 0.6) is 11.5 Å². The van der Waals surface area contributed by atoms with Gasteiger partial charge in [0.15, 0.2) is 11.5 Å². The molecule has 0 fully saturated rings. The smallest absolute Gasteiger partial charge is 0.231 e. The highest BCUT2D eigenvalue weighted by atomic mass is 79.9. The molecule has 0 spiro atoms. The molecule has 1 amide bonds. The van der Waals surface area contributed by atoms with E-state index in [1.807, 2.05) is 25.1 Å². The van der Waals surface area contributed by atoms with Gasteiger partial charge in [-0.15, -0.1) is 11.8 Å². The summed E-state index contributed by atoms with van der Waals surface area (Å²) in [5, 5.41) is 2.94. The molecule has 0 saturated carbocycles. The molecule has 24 heavy (non-hydrogen) atoms. The van der Waals surface area contributed by atoms with Gasteiger partial charge in [0.2, 0.25) is 12.7 Å². The summed E-state index contributed by atoms with van der Waals surface area (Å²) in [4.78, 5) is 13.2. The van der Waals surface area contributed by atoms with Crippen molar-refractivity contribution >= 4 is 33.6 Å². The van der Waals surface area contributed by atoms with E-state index in [9.17, 15) is 4.79 Å². The summed E-state index contributed by atoms with van der Waals surface area (Å²) >= 11 is 5.08. The molecule has 0 aliphatic carbocycles. The van der Waals surface area contributed by atoms with Crippen molar-refractivity contribution in [2.24, 2.45) is 0 Å². The number of thioether (sulfide) groups is 1. The molecule has 1 aliphatic heterocycles. The zero-order valence-corrected chi connectivity index (χ0v) is 15.9. The average Bonchev–Trinajstić information content (AvgIpc) is 3.02. The van der Waals surface area contributed by atoms with Gasteiger partial charge in [-0.2, -0.15) is 0 Å². The van der Waals surface area contributed by atoms with Gasteiger partial charge in [0.1, 0.15) is 0 Å². The lowest BCUT2D eigenvalue weighted by Crippen LogP contribution is -2.24. The molecule has 1 heterocycles. The maximum atomic E-state index is 12.1. The Labute approximate surface area is 154 Å². The molecule has 2 aromatic carbocycles. The number of rotatable bonds is 5. The molecular formula is C18H18BrNO3S. The van der Waals surface area contributed by atoms with Gasteiger partial charge in [-0.05, 0) is 54.8 Å². The fraction of sp³-hybridized carbons (Fsp3) is 0.278. The van der Waals surface area contributed by atoms with Crippen molar-refractivity contribution in [2.75, 3.05) is 12.5 Å². The molecule has 3 rings (SSSR count). The fourth-order valence-electron chi connectivity index (χ4n) is 2.36. The standard InChI is InChI=1S/C18H18BrNO3S/c1-11-6-17(12(2)5-14(11)19)24-9-18(21)20-8-13-3-4-15-16(7-13)23-10-22-15/h3-7H,8-10H2,1-2H3,(H,20,21). The molecule has 0 atom stereocenters. The highest BCUT2D eigenvalue weighted by molar-refractivity contribution is 9.10. The number of carbonyl (C=O) groups is 1. The van der Waals surface area contributed by atoms with Crippen LogP contribution in [0, 0.1) is 13.8 Å². The Hall–Kier alpha value is -1.66. The quantitative estimate of drug-likeness (QED) is 0.754. The van der Waals surface area contributed by atoms with Crippen molar-refractivity contribution in [2.45, 2.75) is 25.3 Å². The van der Waals surface area contributed by atoms with Gasteiger partial charge in [-0.1, -0.05) is 22.0 Å². The third kappa shape index (κ3) is 4.05. The molecule has 0 unspecified atom stereocenters. The summed E-state index contributed by atoms with van der Waals surface area (Å²) in [5.74, 6) is 1.89. The Morgan fingerprint density at radius 3 is 2.79 bits per heavy atom. The number of hydrogen-bond acceptors (Lipinski definition) is 4. The normalized spacial score (nSPS) is 12.3. The topological polar surface area (TPSA) is 47.6 Å². The van der Waals surface area contributed by atoms with E-state index in [1.165, 1.54) is 11.1 Å². The number of nitrogens with one attached hydrogen (secondary N) is 1. The first-order valence-electron chi connectivity index (χ1n) is 7.57. The second-order valence-electron chi connectivity index (χ2n) is 5.62. The molecule has 0 bridgehead atoms. The van der Waals surface area contributed by atoms with Crippen LogP contribution in [0.1, 0.15) is 16.7 Å². The average molecular weight is 408 g/mol. The maximum Gasteiger partial charge on any atom is 0.231 e. The first-order valence-corrected chi connectivity index (χ1v) is 9.35. The van der Waals surface area contributed by atoms with Crippen molar-refractivity contribution in [1.82, 2.24) is 5.32 Å². The first-order chi connectivity index (χ1) is 11.5. The van der Waals surface area contributed by atoms with Crippen LogP contribution in [0.3, 0.4) is 0 Å².